The summed E-state index contributed by atoms with van der Waals surface area (Å²) in [6.45, 7) is 0. The number of benzene rings is 2. The highest BCUT2D eigenvalue weighted by atomic mass is 19.4. The summed E-state index contributed by atoms with van der Waals surface area (Å²) < 4.78 is 44.4. The molecular weight excluding hydrogens is 347 g/mol. The lowest BCUT2D eigenvalue weighted by atomic mass is 10.1. The van der Waals surface area contributed by atoms with Crippen molar-refractivity contribution >= 4 is 17.5 Å². The van der Waals surface area contributed by atoms with Gasteiger partial charge in [0, 0.05) is 5.56 Å². The molecule has 3 N–H and O–H groups in total. The minimum absolute atomic E-state index is 0.0600. The van der Waals surface area contributed by atoms with E-state index in [4.69, 9.17) is 10.5 Å². The van der Waals surface area contributed by atoms with Crippen molar-refractivity contribution in [1.29, 1.82) is 0 Å². The Morgan fingerprint density at radius 1 is 1.00 bits per heavy atom. The Balaban J connectivity index is 1.96. The van der Waals surface area contributed by atoms with E-state index in [1.54, 1.807) is 24.3 Å². The molecule has 0 unspecified atom stereocenters. The molecule has 0 atom stereocenters. The predicted molar refractivity (Wildman–Crippen MR) is 91.0 cm³/mol. The van der Waals surface area contributed by atoms with Crippen LogP contribution in [-0.2, 0) is 6.18 Å². The summed E-state index contributed by atoms with van der Waals surface area (Å²) in [5.41, 5.74) is 5.74. The number of rotatable bonds is 4. The number of ether oxygens (including phenoxy) is 1. The van der Waals surface area contributed by atoms with Crippen LogP contribution >= 0.6 is 0 Å². The van der Waals surface area contributed by atoms with Crippen LogP contribution in [0, 0.1) is 0 Å². The first-order valence-corrected chi connectivity index (χ1v) is 7.46. The maximum atomic E-state index is 13.1. The number of para-hydroxylation sites is 1. The summed E-state index contributed by atoms with van der Waals surface area (Å²) >= 11 is 0. The number of methoxy groups -OCH3 is 1. The van der Waals surface area contributed by atoms with Crippen LogP contribution in [0.5, 0.6) is 5.75 Å². The standard InChI is InChI=1S/C17H14F3N5O/c1-26-11-8-6-10(7-9-11)14-15(21)24-25-16(23-14)22-13-5-3-2-4-12(13)17(18,19)20/h2-9H,1H3,(H2,21,24)(H,22,23,25). The molecule has 134 valence electrons. The minimum atomic E-state index is -4.51. The van der Waals surface area contributed by atoms with E-state index >= 15 is 0 Å². The molecule has 9 heteroatoms. The summed E-state index contributed by atoms with van der Waals surface area (Å²) in [5, 5.41) is 10.1. The van der Waals surface area contributed by atoms with Gasteiger partial charge in [-0.05, 0) is 36.4 Å². The van der Waals surface area contributed by atoms with Gasteiger partial charge in [-0.25, -0.2) is 4.98 Å². The Hall–Kier alpha value is -3.36. The highest BCUT2D eigenvalue weighted by Crippen LogP contribution is 2.35. The van der Waals surface area contributed by atoms with E-state index in [-0.39, 0.29) is 17.5 Å². The normalized spacial score (nSPS) is 11.2. The molecule has 0 aliphatic rings. The van der Waals surface area contributed by atoms with Gasteiger partial charge >= 0.3 is 6.18 Å². The fraction of sp³-hybridized carbons (Fsp3) is 0.118. The zero-order valence-electron chi connectivity index (χ0n) is 13.6. The van der Waals surface area contributed by atoms with Gasteiger partial charge in [0.1, 0.15) is 11.4 Å². The summed E-state index contributed by atoms with van der Waals surface area (Å²) in [4.78, 5) is 4.20. The lowest BCUT2D eigenvalue weighted by Gasteiger charge is -2.14. The largest absolute Gasteiger partial charge is 0.497 e. The molecule has 0 fully saturated rings. The van der Waals surface area contributed by atoms with Crippen LogP contribution in [-0.4, -0.2) is 22.3 Å². The molecule has 0 radical (unpaired) electrons. The molecule has 6 nitrogen and oxygen atoms in total. The van der Waals surface area contributed by atoms with Crippen LogP contribution in [0.2, 0.25) is 0 Å². The fourth-order valence-corrected chi connectivity index (χ4v) is 2.31. The lowest BCUT2D eigenvalue weighted by molar-refractivity contribution is -0.136. The topological polar surface area (TPSA) is 86.0 Å². The molecule has 0 bridgehead atoms. The second-order valence-corrected chi connectivity index (χ2v) is 5.27. The molecule has 0 amide bonds. The molecule has 3 aromatic rings. The zero-order valence-corrected chi connectivity index (χ0v) is 13.6. The van der Waals surface area contributed by atoms with Crippen LogP contribution in [0.3, 0.4) is 0 Å². The van der Waals surface area contributed by atoms with E-state index in [9.17, 15) is 13.2 Å². The molecule has 0 saturated heterocycles. The first-order valence-electron chi connectivity index (χ1n) is 7.46. The number of hydrogen-bond donors (Lipinski definition) is 2. The van der Waals surface area contributed by atoms with Crippen molar-refractivity contribution < 1.29 is 17.9 Å². The van der Waals surface area contributed by atoms with Crippen molar-refractivity contribution in [3.05, 3.63) is 54.1 Å². The minimum Gasteiger partial charge on any atom is -0.497 e. The van der Waals surface area contributed by atoms with E-state index in [1.807, 2.05) is 0 Å². The van der Waals surface area contributed by atoms with Gasteiger partial charge in [0.2, 0.25) is 5.95 Å². The number of nitrogens with two attached hydrogens (primary N) is 1. The number of nitrogen functional groups attached to an aromatic ring is 1. The number of halogens is 3. The van der Waals surface area contributed by atoms with Gasteiger partial charge in [0.15, 0.2) is 5.82 Å². The van der Waals surface area contributed by atoms with Gasteiger partial charge in [0.25, 0.3) is 0 Å². The van der Waals surface area contributed by atoms with Crippen LogP contribution in [0.1, 0.15) is 5.56 Å². The smallest absolute Gasteiger partial charge is 0.418 e. The number of alkyl halides is 3. The summed E-state index contributed by atoms with van der Waals surface area (Å²) in [6.07, 6.45) is -4.51. The molecule has 3 rings (SSSR count). The summed E-state index contributed by atoms with van der Waals surface area (Å²) in [7, 11) is 1.54. The third-order valence-corrected chi connectivity index (χ3v) is 3.56. The van der Waals surface area contributed by atoms with Crippen LogP contribution < -0.4 is 15.8 Å². The van der Waals surface area contributed by atoms with Gasteiger partial charge in [-0.3, -0.25) is 0 Å². The van der Waals surface area contributed by atoms with Crippen LogP contribution in [0.25, 0.3) is 11.3 Å². The quantitative estimate of drug-likeness (QED) is 0.733. The highest BCUT2D eigenvalue weighted by molar-refractivity contribution is 5.71. The third-order valence-electron chi connectivity index (χ3n) is 3.56. The molecule has 2 aromatic carbocycles. The van der Waals surface area contributed by atoms with Crippen molar-refractivity contribution in [2.45, 2.75) is 6.18 Å². The second-order valence-electron chi connectivity index (χ2n) is 5.27. The molecule has 0 saturated carbocycles. The number of nitrogens with zero attached hydrogens (tertiary/aromatic N) is 3. The Morgan fingerprint density at radius 2 is 1.69 bits per heavy atom. The van der Waals surface area contributed by atoms with E-state index < -0.39 is 11.7 Å². The summed E-state index contributed by atoms with van der Waals surface area (Å²) in [5.74, 6) is 0.610. The average Bonchev–Trinajstić information content (AvgIpc) is 2.63. The van der Waals surface area contributed by atoms with Crippen molar-refractivity contribution in [1.82, 2.24) is 15.2 Å². The fourth-order valence-electron chi connectivity index (χ4n) is 2.31. The Kier molecular flexibility index (Phi) is 4.61. The van der Waals surface area contributed by atoms with E-state index in [2.05, 4.69) is 20.5 Å². The van der Waals surface area contributed by atoms with Gasteiger partial charge in [0.05, 0.1) is 18.4 Å². The van der Waals surface area contributed by atoms with E-state index in [1.165, 1.54) is 25.3 Å². The molecule has 0 aliphatic heterocycles. The first kappa shape index (κ1) is 17.5. The number of aromatic nitrogens is 3. The number of anilines is 3. The van der Waals surface area contributed by atoms with E-state index in [0.29, 0.717) is 17.0 Å². The molecule has 0 spiro atoms. The van der Waals surface area contributed by atoms with Gasteiger partial charge in [-0.2, -0.15) is 13.2 Å². The van der Waals surface area contributed by atoms with Crippen molar-refractivity contribution in [3.63, 3.8) is 0 Å². The summed E-state index contributed by atoms with van der Waals surface area (Å²) in [6, 6.07) is 11.9. The lowest BCUT2D eigenvalue weighted by Crippen LogP contribution is -2.10. The molecule has 26 heavy (non-hydrogen) atoms. The predicted octanol–water partition coefficient (Wildman–Crippen LogP) is 3.89. The Labute approximate surface area is 146 Å². The molecule has 0 aliphatic carbocycles. The highest BCUT2D eigenvalue weighted by Gasteiger charge is 2.33. The SMILES string of the molecule is COc1ccc(-c2nc(Nc3ccccc3C(F)(F)F)nnc2N)cc1. The average molecular weight is 361 g/mol. The Morgan fingerprint density at radius 3 is 2.35 bits per heavy atom. The van der Waals surface area contributed by atoms with Gasteiger partial charge < -0.3 is 15.8 Å². The maximum absolute atomic E-state index is 13.1. The van der Waals surface area contributed by atoms with Crippen LogP contribution in [0.4, 0.5) is 30.6 Å². The van der Waals surface area contributed by atoms with Gasteiger partial charge in [-0.15, -0.1) is 10.2 Å². The van der Waals surface area contributed by atoms with Crippen molar-refractivity contribution in [2.75, 3.05) is 18.2 Å². The molecule has 1 heterocycles. The van der Waals surface area contributed by atoms with Gasteiger partial charge in [-0.1, -0.05) is 12.1 Å². The second kappa shape index (κ2) is 6.87. The van der Waals surface area contributed by atoms with Crippen molar-refractivity contribution in [3.8, 4) is 17.0 Å². The Bertz CT molecular complexity index is 913. The molecule has 1 aromatic heterocycles. The van der Waals surface area contributed by atoms with Crippen molar-refractivity contribution in [2.24, 2.45) is 0 Å². The number of hydrogen-bond acceptors (Lipinski definition) is 6. The zero-order chi connectivity index (χ0) is 18.7. The maximum Gasteiger partial charge on any atom is 0.418 e. The third kappa shape index (κ3) is 3.66. The number of nitrogens with one attached hydrogen (secondary N) is 1. The first-order chi connectivity index (χ1) is 12.4. The monoisotopic (exact) mass is 361 g/mol. The van der Waals surface area contributed by atoms with E-state index in [0.717, 1.165) is 6.07 Å². The van der Waals surface area contributed by atoms with Crippen LogP contribution in [0.15, 0.2) is 48.5 Å². The molecular formula is C17H14F3N5O.